The Morgan fingerprint density at radius 2 is 1.22 bits per heavy atom. The third kappa shape index (κ3) is 2.50. The smallest absolute Gasteiger partial charge is 0.0619 e. The predicted octanol–water partition coefficient (Wildman–Crippen LogP) is 8.82. The van der Waals surface area contributed by atoms with E-state index in [1.807, 2.05) is 11.3 Å². The normalized spacial score (nSPS) is 11.8. The number of nitrogens with zero attached hydrogens (tertiary/aromatic N) is 1. The molecule has 0 saturated heterocycles. The standard InChI is InChI=1S/C30H19NS/c1-2-9-21(10-3-1)31-27-15-6-4-11-23(27)26-14-8-13-22(30(26)31)20-17-18-25-24-12-5-7-16-28(24)32-29(25)19-20/h1-19H. The van der Waals surface area contributed by atoms with Gasteiger partial charge in [0.15, 0.2) is 0 Å². The highest BCUT2D eigenvalue weighted by Crippen LogP contribution is 2.40. The van der Waals surface area contributed by atoms with Crippen molar-refractivity contribution < 1.29 is 0 Å². The average Bonchev–Trinajstić information content (AvgIpc) is 3.40. The molecule has 0 radical (unpaired) electrons. The highest BCUT2D eigenvalue weighted by Gasteiger charge is 2.16. The lowest BCUT2D eigenvalue weighted by Crippen LogP contribution is -1.95. The Labute approximate surface area is 189 Å². The van der Waals surface area contributed by atoms with Gasteiger partial charge in [-0.15, -0.1) is 11.3 Å². The van der Waals surface area contributed by atoms with Crippen LogP contribution in [0.25, 0.3) is 58.8 Å². The van der Waals surface area contributed by atoms with E-state index in [9.17, 15) is 0 Å². The number of hydrogen-bond donors (Lipinski definition) is 0. The van der Waals surface area contributed by atoms with E-state index in [0.717, 1.165) is 0 Å². The molecule has 0 bridgehead atoms. The largest absolute Gasteiger partial charge is 0.309 e. The van der Waals surface area contributed by atoms with E-state index >= 15 is 0 Å². The third-order valence-electron chi connectivity index (χ3n) is 6.40. The zero-order chi connectivity index (χ0) is 21.1. The first-order valence-corrected chi connectivity index (χ1v) is 11.7. The van der Waals surface area contributed by atoms with Crippen molar-refractivity contribution in [3.8, 4) is 16.8 Å². The van der Waals surface area contributed by atoms with E-state index in [0.29, 0.717) is 0 Å². The second-order valence-corrected chi connectivity index (χ2v) is 9.28. The Morgan fingerprint density at radius 3 is 2.12 bits per heavy atom. The van der Waals surface area contributed by atoms with Crippen LogP contribution in [0, 0.1) is 0 Å². The number of benzene rings is 5. The van der Waals surface area contributed by atoms with Crippen LogP contribution in [0.4, 0.5) is 0 Å². The van der Waals surface area contributed by atoms with Crippen LogP contribution in [0.1, 0.15) is 0 Å². The van der Waals surface area contributed by atoms with E-state index < -0.39 is 0 Å². The molecule has 0 aliphatic rings. The number of hydrogen-bond acceptors (Lipinski definition) is 1. The van der Waals surface area contributed by atoms with Gasteiger partial charge in [-0.3, -0.25) is 0 Å². The quantitative estimate of drug-likeness (QED) is 0.261. The van der Waals surface area contributed by atoms with Crippen molar-refractivity contribution in [1.82, 2.24) is 4.57 Å². The van der Waals surface area contributed by atoms with E-state index in [4.69, 9.17) is 0 Å². The van der Waals surface area contributed by atoms with Crippen molar-refractivity contribution in [2.45, 2.75) is 0 Å². The zero-order valence-corrected chi connectivity index (χ0v) is 18.1. The highest BCUT2D eigenvalue weighted by molar-refractivity contribution is 7.25. The molecule has 0 saturated carbocycles. The van der Waals surface area contributed by atoms with Gasteiger partial charge in [-0.1, -0.05) is 84.9 Å². The van der Waals surface area contributed by atoms with Gasteiger partial charge in [-0.05, 0) is 35.9 Å². The molecule has 5 aromatic carbocycles. The summed E-state index contributed by atoms with van der Waals surface area (Å²) in [6, 6.07) is 41.7. The molecule has 7 rings (SSSR count). The maximum Gasteiger partial charge on any atom is 0.0619 e. The monoisotopic (exact) mass is 425 g/mol. The van der Waals surface area contributed by atoms with E-state index in [-0.39, 0.29) is 0 Å². The lowest BCUT2D eigenvalue weighted by Gasteiger charge is -2.11. The number of para-hydroxylation sites is 3. The Balaban J connectivity index is 1.59. The van der Waals surface area contributed by atoms with E-state index in [1.165, 1.54) is 58.8 Å². The molecule has 0 aliphatic heterocycles. The van der Waals surface area contributed by atoms with Crippen LogP contribution >= 0.6 is 11.3 Å². The fourth-order valence-corrected chi connectivity index (χ4v) is 6.14. The van der Waals surface area contributed by atoms with Crippen molar-refractivity contribution in [2.24, 2.45) is 0 Å². The zero-order valence-electron chi connectivity index (χ0n) is 17.3. The summed E-state index contributed by atoms with van der Waals surface area (Å²) in [5, 5.41) is 5.26. The average molecular weight is 426 g/mol. The SMILES string of the molecule is c1ccc(-n2c3ccccc3c3cccc(-c4ccc5c(c4)sc4ccccc45)c32)cc1. The van der Waals surface area contributed by atoms with Crippen molar-refractivity contribution in [1.29, 1.82) is 0 Å². The van der Waals surface area contributed by atoms with Crippen molar-refractivity contribution in [2.75, 3.05) is 0 Å². The van der Waals surface area contributed by atoms with Gasteiger partial charge in [0, 0.05) is 42.2 Å². The van der Waals surface area contributed by atoms with Crippen LogP contribution in [-0.2, 0) is 0 Å². The van der Waals surface area contributed by atoms with Crippen LogP contribution in [0.15, 0.2) is 115 Å². The molecule has 2 aromatic heterocycles. The van der Waals surface area contributed by atoms with Crippen molar-refractivity contribution in [3.05, 3.63) is 115 Å². The van der Waals surface area contributed by atoms with Gasteiger partial charge in [0.2, 0.25) is 0 Å². The molecule has 1 nitrogen and oxygen atoms in total. The Morgan fingerprint density at radius 1 is 0.500 bits per heavy atom. The van der Waals surface area contributed by atoms with Crippen molar-refractivity contribution >= 4 is 53.3 Å². The number of fused-ring (bicyclic) bond motifs is 6. The summed E-state index contributed by atoms with van der Waals surface area (Å²) in [4.78, 5) is 0. The minimum atomic E-state index is 1.19. The van der Waals surface area contributed by atoms with Gasteiger partial charge in [-0.25, -0.2) is 0 Å². The molecule has 2 heteroatoms. The molecule has 0 unspecified atom stereocenters. The first-order chi connectivity index (χ1) is 15.9. The summed E-state index contributed by atoms with van der Waals surface area (Å²) in [6.07, 6.45) is 0. The molecule has 0 fully saturated rings. The van der Waals surface area contributed by atoms with Gasteiger partial charge in [0.05, 0.1) is 11.0 Å². The molecule has 150 valence electrons. The third-order valence-corrected chi connectivity index (χ3v) is 7.53. The molecule has 2 heterocycles. The van der Waals surface area contributed by atoms with Crippen LogP contribution in [-0.4, -0.2) is 4.57 Å². The lowest BCUT2D eigenvalue weighted by molar-refractivity contribution is 1.18. The molecule has 0 atom stereocenters. The van der Waals surface area contributed by atoms with Crippen LogP contribution in [0.2, 0.25) is 0 Å². The molecule has 0 aliphatic carbocycles. The summed E-state index contributed by atoms with van der Waals surface area (Å²) in [6.45, 7) is 0. The summed E-state index contributed by atoms with van der Waals surface area (Å²) in [5.41, 5.74) is 6.22. The minimum Gasteiger partial charge on any atom is -0.309 e. The van der Waals surface area contributed by atoms with Crippen molar-refractivity contribution in [3.63, 3.8) is 0 Å². The van der Waals surface area contributed by atoms with Gasteiger partial charge < -0.3 is 4.57 Å². The number of thiophene rings is 1. The Kier molecular flexibility index (Phi) is 3.78. The van der Waals surface area contributed by atoms with Crippen LogP contribution in [0.3, 0.4) is 0 Å². The highest BCUT2D eigenvalue weighted by atomic mass is 32.1. The summed E-state index contributed by atoms with van der Waals surface area (Å²) in [7, 11) is 0. The second-order valence-electron chi connectivity index (χ2n) is 8.20. The fraction of sp³-hybridized carbons (Fsp3) is 0. The number of rotatable bonds is 2. The first kappa shape index (κ1) is 17.8. The molecular formula is C30H19NS. The molecule has 0 spiro atoms. The summed E-state index contributed by atoms with van der Waals surface area (Å²) < 4.78 is 5.09. The van der Waals surface area contributed by atoms with E-state index in [1.54, 1.807) is 0 Å². The first-order valence-electron chi connectivity index (χ1n) is 10.9. The Hall–Kier alpha value is -3.88. The fourth-order valence-electron chi connectivity index (χ4n) is 4.99. The summed E-state index contributed by atoms with van der Waals surface area (Å²) >= 11 is 1.87. The minimum absolute atomic E-state index is 1.19. The summed E-state index contributed by atoms with van der Waals surface area (Å²) in [5.74, 6) is 0. The molecular weight excluding hydrogens is 406 g/mol. The van der Waals surface area contributed by atoms with Gasteiger partial charge in [0.25, 0.3) is 0 Å². The maximum absolute atomic E-state index is 2.41. The molecule has 0 amide bonds. The second kappa shape index (κ2) is 6.81. The van der Waals surface area contributed by atoms with E-state index in [2.05, 4.69) is 120 Å². The molecule has 0 N–H and O–H groups in total. The van der Waals surface area contributed by atoms with Gasteiger partial charge >= 0.3 is 0 Å². The molecule has 32 heavy (non-hydrogen) atoms. The van der Waals surface area contributed by atoms with Crippen LogP contribution in [0.5, 0.6) is 0 Å². The topological polar surface area (TPSA) is 4.93 Å². The number of aromatic nitrogens is 1. The van der Waals surface area contributed by atoms with Gasteiger partial charge in [-0.2, -0.15) is 0 Å². The molecule has 7 aromatic rings. The van der Waals surface area contributed by atoms with Crippen LogP contribution < -0.4 is 0 Å². The lowest BCUT2D eigenvalue weighted by atomic mass is 10.0. The predicted molar refractivity (Wildman–Crippen MR) is 139 cm³/mol. The maximum atomic E-state index is 2.41. The Bertz CT molecular complexity index is 1770. The van der Waals surface area contributed by atoms with Gasteiger partial charge in [0.1, 0.15) is 0 Å².